The topological polar surface area (TPSA) is 26.3 Å². The Kier molecular flexibility index (Phi) is 5.31. The van der Waals surface area contributed by atoms with Gasteiger partial charge in [-0.1, -0.05) is 18.2 Å². The molecule has 0 radical (unpaired) electrons. The lowest BCUT2D eigenvalue weighted by molar-refractivity contribution is -0.182. The molecule has 2 rings (SSSR count). The third-order valence-electron chi connectivity index (χ3n) is 4.54. The first kappa shape index (κ1) is 18.8. The fraction of sp³-hybridized carbons (Fsp3) is 0.632. The van der Waals surface area contributed by atoms with Crippen molar-refractivity contribution in [2.24, 2.45) is 5.92 Å². The first-order valence-electron chi connectivity index (χ1n) is 8.38. The van der Waals surface area contributed by atoms with Crippen LogP contribution >= 0.6 is 0 Å². The van der Waals surface area contributed by atoms with Crippen molar-refractivity contribution in [1.29, 1.82) is 0 Å². The summed E-state index contributed by atoms with van der Waals surface area (Å²) in [6, 6.07) is 5.54. The highest BCUT2D eigenvalue weighted by Crippen LogP contribution is 2.44. The number of carbonyl (C=O) groups is 1. The molecule has 0 amide bonds. The summed E-state index contributed by atoms with van der Waals surface area (Å²) in [5.74, 6) is -1.64. The summed E-state index contributed by atoms with van der Waals surface area (Å²) in [5, 5.41) is 0. The number of hydrogen-bond donors (Lipinski definition) is 0. The van der Waals surface area contributed by atoms with Gasteiger partial charge in [-0.2, -0.15) is 13.2 Å². The predicted molar refractivity (Wildman–Crippen MR) is 87.1 cm³/mol. The Bertz CT molecular complexity index is 592. The third kappa shape index (κ3) is 4.52. The van der Waals surface area contributed by atoms with Crippen LogP contribution in [0, 0.1) is 12.8 Å². The second-order valence-corrected chi connectivity index (χ2v) is 7.63. The number of carbonyl (C=O) groups excluding carboxylic acids is 1. The van der Waals surface area contributed by atoms with Gasteiger partial charge in [0.15, 0.2) is 0 Å². The SMILES string of the molecule is Cc1cccc(C2CCC(C(F)(F)F)CC2)c1C(=O)OC(C)(C)C. The normalized spacial score (nSPS) is 22.3. The van der Waals surface area contributed by atoms with E-state index in [-0.39, 0.29) is 18.8 Å². The first-order valence-corrected chi connectivity index (χ1v) is 8.38. The highest BCUT2D eigenvalue weighted by atomic mass is 19.4. The van der Waals surface area contributed by atoms with Crippen molar-refractivity contribution in [2.75, 3.05) is 0 Å². The van der Waals surface area contributed by atoms with Crippen molar-refractivity contribution in [3.8, 4) is 0 Å². The summed E-state index contributed by atoms with van der Waals surface area (Å²) in [7, 11) is 0. The summed E-state index contributed by atoms with van der Waals surface area (Å²) >= 11 is 0. The van der Waals surface area contributed by atoms with E-state index in [2.05, 4.69) is 0 Å². The lowest BCUT2D eigenvalue weighted by Crippen LogP contribution is -2.28. The Balaban J connectivity index is 2.23. The second kappa shape index (κ2) is 6.77. The van der Waals surface area contributed by atoms with E-state index in [9.17, 15) is 18.0 Å². The van der Waals surface area contributed by atoms with Gasteiger partial charge in [-0.25, -0.2) is 4.79 Å². The van der Waals surface area contributed by atoms with E-state index >= 15 is 0 Å². The van der Waals surface area contributed by atoms with Crippen LogP contribution in [0.3, 0.4) is 0 Å². The van der Waals surface area contributed by atoms with Crippen molar-refractivity contribution in [1.82, 2.24) is 0 Å². The molecule has 1 aliphatic rings. The zero-order valence-corrected chi connectivity index (χ0v) is 14.7. The van der Waals surface area contributed by atoms with Gasteiger partial charge in [0.2, 0.25) is 0 Å². The zero-order valence-electron chi connectivity index (χ0n) is 14.7. The van der Waals surface area contributed by atoms with Crippen LogP contribution in [0.2, 0.25) is 0 Å². The number of esters is 1. The van der Waals surface area contributed by atoms with Gasteiger partial charge < -0.3 is 4.74 Å². The van der Waals surface area contributed by atoms with Crippen LogP contribution in [0.1, 0.15) is 73.9 Å². The molecule has 24 heavy (non-hydrogen) atoms. The molecule has 2 nitrogen and oxygen atoms in total. The highest BCUT2D eigenvalue weighted by Gasteiger charge is 2.42. The lowest BCUT2D eigenvalue weighted by Gasteiger charge is -2.31. The van der Waals surface area contributed by atoms with Crippen LogP contribution in [-0.2, 0) is 4.74 Å². The average Bonchev–Trinajstić information content (AvgIpc) is 2.44. The van der Waals surface area contributed by atoms with E-state index in [1.165, 1.54) is 0 Å². The van der Waals surface area contributed by atoms with E-state index in [1.54, 1.807) is 20.8 Å². The van der Waals surface area contributed by atoms with E-state index in [1.807, 2.05) is 25.1 Å². The summed E-state index contributed by atoms with van der Waals surface area (Å²) in [6.07, 6.45) is -2.98. The number of aryl methyl sites for hydroxylation is 1. The number of benzene rings is 1. The number of rotatable bonds is 2. The van der Waals surface area contributed by atoms with Gasteiger partial charge in [0, 0.05) is 0 Å². The van der Waals surface area contributed by atoms with Gasteiger partial charge in [0.05, 0.1) is 11.5 Å². The zero-order chi connectivity index (χ0) is 18.1. The Morgan fingerprint density at radius 2 is 1.67 bits per heavy atom. The minimum atomic E-state index is -4.12. The molecule has 1 aliphatic carbocycles. The molecular weight excluding hydrogens is 317 g/mol. The summed E-state index contributed by atoms with van der Waals surface area (Å²) in [4.78, 5) is 12.6. The fourth-order valence-electron chi connectivity index (χ4n) is 3.37. The van der Waals surface area contributed by atoms with Crippen molar-refractivity contribution >= 4 is 5.97 Å². The number of halogens is 3. The van der Waals surface area contributed by atoms with Crippen LogP contribution in [0.5, 0.6) is 0 Å². The monoisotopic (exact) mass is 342 g/mol. The Morgan fingerprint density at radius 3 is 2.17 bits per heavy atom. The van der Waals surface area contributed by atoms with Crippen molar-refractivity contribution in [3.63, 3.8) is 0 Å². The van der Waals surface area contributed by atoms with Crippen molar-refractivity contribution < 1.29 is 22.7 Å². The molecule has 134 valence electrons. The molecule has 0 heterocycles. The Hall–Kier alpha value is -1.52. The molecule has 1 saturated carbocycles. The minimum absolute atomic E-state index is 0.0222. The first-order chi connectivity index (χ1) is 11.0. The third-order valence-corrected chi connectivity index (χ3v) is 4.54. The molecular formula is C19H25F3O2. The van der Waals surface area contributed by atoms with Gasteiger partial charge >= 0.3 is 12.1 Å². The maximum Gasteiger partial charge on any atom is 0.391 e. The van der Waals surface area contributed by atoms with Gasteiger partial charge in [-0.15, -0.1) is 0 Å². The molecule has 0 saturated heterocycles. The molecule has 1 aromatic rings. The largest absolute Gasteiger partial charge is 0.456 e. The number of ether oxygens (including phenoxy) is 1. The molecule has 5 heteroatoms. The molecule has 0 spiro atoms. The smallest absolute Gasteiger partial charge is 0.391 e. The van der Waals surface area contributed by atoms with E-state index in [0.717, 1.165) is 11.1 Å². The summed E-state index contributed by atoms with van der Waals surface area (Å²) in [5.41, 5.74) is 1.54. The van der Waals surface area contributed by atoms with E-state index < -0.39 is 23.7 Å². The minimum Gasteiger partial charge on any atom is -0.456 e. The molecule has 1 fully saturated rings. The van der Waals surface area contributed by atoms with E-state index in [0.29, 0.717) is 18.4 Å². The Labute approximate surface area is 141 Å². The van der Waals surface area contributed by atoms with Crippen LogP contribution in [0.4, 0.5) is 13.2 Å². The molecule has 0 aliphatic heterocycles. The predicted octanol–water partition coefficient (Wildman–Crippen LogP) is 5.79. The second-order valence-electron chi connectivity index (χ2n) is 7.63. The molecule has 0 aromatic heterocycles. The number of alkyl halides is 3. The van der Waals surface area contributed by atoms with Crippen LogP contribution in [0.25, 0.3) is 0 Å². The summed E-state index contributed by atoms with van der Waals surface area (Å²) < 4.78 is 44.1. The van der Waals surface area contributed by atoms with Gasteiger partial charge in [-0.3, -0.25) is 0 Å². The Morgan fingerprint density at radius 1 is 1.08 bits per heavy atom. The van der Waals surface area contributed by atoms with Gasteiger partial charge in [-0.05, 0) is 70.4 Å². The quantitative estimate of drug-likeness (QED) is 0.636. The lowest BCUT2D eigenvalue weighted by atomic mass is 9.76. The fourth-order valence-corrected chi connectivity index (χ4v) is 3.37. The highest BCUT2D eigenvalue weighted by molar-refractivity contribution is 5.93. The molecule has 0 bridgehead atoms. The number of hydrogen-bond acceptors (Lipinski definition) is 2. The van der Waals surface area contributed by atoms with Gasteiger partial charge in [0.25, 0.3) is 0 Å². The molecule has 0 unspecified atom stereocenters. The maximum absolute atomic E-state index is 12.9. The molecule has 0 N–H and O–H groups in total. The van der Waals surface area contributed by atoms with Crippen LogP contribution in [0.15, 0.2) is 18.2 Å². The standard InChI is InChI=1S/C19H25F3O2/c1-12-6-5-7-15(16(12)17(23)24-18(2,3)4)13-8-10-14(11-9-13)19(20,21)22/h5-7,13-14H,8-11H2,1-4H3. The summed E-state index contributed by atoms with van der Waals surface area (Å²) in [6.45, 7) is 7.25. The molecule has 1 aromatic carbocycles. The molecule has 0 atom stereocenters. The van der Waals surface area contributed by atoms with Crippen molar-refractivity contribution in [2.45, 2.75) is 71.1 Å². The van der Waals surface area contributed by atoms with Crippen LogP contribution < -0.4 is 0 Å². The van der Waals surface area contributed by atoms with Gasteiger partial charge in [0.1, 0.15) is 5.60 Å². The van der Waals surface area contributed by atoms with E-state index in [4.69, 9.17) is 4.74 Å². The average molecular weight is 342 g/mol. The van der Waals surface area contributed by atoms with Crippen LogP contribution in [-0.4, -0.2) is 17.7 Å². The maximum atomic E-state index is 12.9. The van der Waals surface area contributed by atoms with Crippen molar-refractivity contribution in [3.05, 3.63) is 34.9 Å².